The van der Waals surface area contributed by atoms with Crippen LogP contribution in [0.15, 0.2) is 42.7 Å². The summed E-state index contributed by atoms with van der Waals surface area (Å²) in [6, 6.07) is 12.7. The Balaban J connectivity index is 1.62. The van der Waals surface area contributed by atoms with E-state index in [-0.39, 0.29) is 0 Å². The molecule has 4 heteroatoms. The molecule has 110 valence electrons. The first-order valence-electron chi connectivity index (χ1n) is 7.57. The van der Waals surface area contributed by atoms with Gasteiger partial charge in [0.25, 0.3) is 0 Å². The van der Waals surface area contributed by atoms with Crippen LogP contribution in [0.25, 0.3) is 22.1 Å². The van der Waals surface area contributed by atoms with Gasteiger partial charge >= 0.3 is 0 Å². The van der Waals surface area contributed by atoms with E-state index in [0.29, 0.717) is 5.92 Å². The molecule has 1 unspecified atom stereocenters. The van der Waals surface area contributed by atoms with Crippen molar-refractivity contribution in [3.8, 4) is 0 Å². The molecule has 4 aromatic rings. The number of nitrogens with one attached hydrogen (secondary N) is 2. The Morgan fingerprint density at radius 1 is 1.05 bits per heavy atom. The zero-order valence-corrected chi connectivity index (χ0v) is 12.7. The van der Waals surface area contributed by atoms with Crippen molar-refractivity contribution in [1.82, 2.24) is 19.9 Å². The van der Waals surface area contributed by atoms with E-state index in [9.17, 15) is 0 Å². The van der Waals surface area contributed by atoms with E-state index in [2.05, 4.69) is 65.2 Å². The van der Waals surface area contributed by atoms with Crippen LogP contribution in [0.4, 0.5) is 0 Å². The molecule has 22 heavy (non-hydrogen) atoms. The molecule has 1 atom stereocenters. The summed E-state index contributed by atoms with van der Waals surface area (Å²) in [5.41, 5.74) is 6.79. The molecule has 0 amide bonds. The Labute approximate surface area is 128 Å². The van der Waals surface area contributed by atoms with Crippen LogP contribution in [0.2, 0.25) is 0 Å². The first kappa shape index (κ1) is 13.1. The highest BCUT2D eigenvalue weighted by Crippen LogP contribution is 2.23. The van der Waals surface area contributed by atoms with Crippen molar-refractivity contribution >= 4 is 22.1 Å². The van der Waals surface area contributed by atoms with Gasteiger partial charge in [-0.25, -0.2) is 9.97 Å². The van der Waals surface area contributed by atoms with Crippen LogP contribution in [-0.4, -0.2) is 19.9 Å². The minimum absolute atomic E-state index is 0.398. The van der Waals surface area contributed by atoms with Gasteiger partial charge in [0.1, 0.15) is 5.82 Å². The van der Waals surface area contributed by atoms with E-state index < -0.39 is 0 Å². The van der Waals surface area contributed by atoms with Gasteiger partial charge in [-0.2, -0.15) is 0 Å². The third-order valence-electron chi connectivity index (χ3n) is 4.20. The molecular formula is C18H18N4. The summed E-state index contributed by atoms with van der Waals surface area (Å²) in [6.07, 6.45) is 2.63. The maximum atomic E-state index is 4.72. The van der Waals surface area contributed by atoms with Crippen LogP contribution in [-0.2, 0) is 6.42 Å². The number of aromatic nitrogens is 4. The standard InChI is InChI=1S/C18H18N4/c1-11-3-5-15-17(7-11)22-18(21-15)8-12(2)13-4-6-14-16(9-13)20-10-19-14/h3-7,9-10,12H,8H2,1-2H3,(H,19,20)(H,21,22). The molecule has 0 saturated carbocycles. The lowest BCUT2D eigenvalue weighted by atomic mass is 9.97. The Morgan fingerprint density at radius 2 is 1.95 bits per heavy atom. The quantitative estimate of drug-likeness (QED) is 0.597. The number of aromatic amines is 2. The number of hydrogen-bond acceptors (Lipinski definition) is 2. The van der Waals surface area contributed by atoms with E-state index in [1.54, 1.807) is 6.33 Å². The van der Waals surface area contributed by atoms with Crippen LogP contribution >= 0.6 is 0 Å². The Morgan fingerprint density at radius 3 is 2.86 bits per heavy atom. The zero-order chi connectivity index (χ0) is 15.1. The fraction of sp³-hybridized carbons (Fsp3) is 0.222. The molecule has 2 aromatic heterocycles. The summed E-state index contributed by atoms with van der Waals surface area (Å²) in [4.78, 5) is 15.6. The van der Waals surface area contributed by atoms with Crippen LogP contribution in [0.1, 0.15) is 29.8 Å². The molecule has 4 nitrogen and oxygen atoms in total. The van der Waals surface area contributed by atoms with Gasteiger partial charge in [-0.05, 0) is 48.2 Å². The molecule has 0 spiro atoms. The molecule has 2 N–H and O–H groups in total. The predicted octanol–water partition coefficient (Wildman–Crippen LogP) is 4.09. The lowest BCUT2D eigenvalue weighted by molar-refractivity contribution is 0.730. The second kappa shape index (κ2) is 4.98. The van der Waals surface area contributed by atoms with Crippen LogP contribution in [0.3, 0.4) is 0 Å². The van der Waals surface area contributed by atoms with Crippen molar-refractivity contribution < 1.29 is 0 Å². The summed E-state index contributed by atoms with van der Waals surface area (Å²) < 4.78 is 0. The monoisotopic (exact) mass is 290 g/mol. The molecule has 2 aromatic carbocycles. The molecule has 0 aliphatic carbocycles. The van der Waals surface area contributed by atoms with Crippen molar-refractivity contribution in [2.45, 2.75) is 26.2 Å². The van der Waals surface area contributed by atoms with Crippen LogP contribution in [0, 0.1) is 6.92 Å². The van der Waals surface area contributed by atoms with E-state index in [1.165, 1.54) is 11.1 Å². The number of rotatable bonds is 3. The van der Waals surface area contributed by atoms with Gasteiger partial charge in [0.05, 0.1) is 28.4 Å². The van der Waals surface area contributed by atoms with E-state index >= 15 is 0 Å². The Hall–Kier alpha value is -2.62. The maximum absolute atomic E-state index is 4.72. The third kappa shape index (κ3) is 2.26. The second-order valence-corrected chi connectivity index (χ2v) is 5.99. The summed E-state index contributed by atoms with van der Waals surface area (Å²) in [5, 5.41) is 0. The number of hydrogen-bond donors (Lipinski definition) is 2. The molecule has 0 aliphatic heterocycles. The molecule has 0 fully saturated rings. The van der Waals surface area contributed by atoms with Gasteiger partial charge in [0.15, 0.2) is 0 Å². The molecule has 0 bridgehead atoms. The highest BCUT2D eigenvalue weighted by Gasteiger charge is 2.11. The van der Waals surface area contributed by atoms with Gasteiger partial charge in [-0.15, -0.1) is 0 Å². The van der Waals surface area contributed by atoms with Crippen molar-refractivity contribution in [1.29, 1.82) is 0 Å². The summed E-state index contributed by atoms with van der Waals surface area (Å²) in [5.74, 6) is 1.44. The van der Waals surface area contributed by atoms with Gasteiger partial charge in [0, 0.05) is 6.42 Å². The van der Waals surface area contributed by atoms with Crippen molar-refractivity contribution in [3.63, 3.8) is 0 Å². The molecule has 0 radical (unpaired) electrons. The lowest BCUT2D eigenvalue weighted by Crippen LogP contribution is -2.00. The summed E-state index contributed by atoms with van der Waals surface area (Å²) >= 11 is 0. The van der Waals surface area contributed by atoms with E-state index in [1.807, 2.05) is 0 Å². The minimum Gasteiger partial charge on any atom is -0.345 e. The number of aryl methyl sites for hydroxylation is 1. The fourth-order valence-electron chi connectivity index (χ4n) is 2.93. The van der Waals surface area contributed by atoms with Crippen molar-refractivity contribution in [2.24, 2.45) is 0 Å². The summed E-state index contributed by atoms with van der Waals surface area (Å²) in [7, 11) is 0. The molecular weight excluding hydrogens is 272 g/mol. The molecule has 0 saturated heterocycles. The van der Waals surface area contributed by atoms with Crippen LogP contribution < -0.4 is 0 Å². The highest BCUT2D eigenvalue weighted by atomic mass is 14.9. The third-order valence-corrected chi connectivity index (χ3v) is 4.20. The van der Waals surface area contributed by atoms with E-state index in [4.69, 9.17) is 4.98 Å². The lowest BCUT2D eigenvalue weighted by Gasteiger charge is -2.10. The number of benzene rings is 2. The predicted molar refractivity (Wildman–Crippen MR) is 89.0 cm³/mol. The first-order chi connectivity index (χ1) is 10.7. The van der Waals surface area contributed by atoms with Gasteiger partial charge in [-0.1, -0.05) is 19.1 Å². The zero-order valence-electron chi connectivity index (χ0n) is 12.7. The molecule has 4 rings (SSSR count). The topological polar surface area (TPSA) is 57.4 Å². The van der Waals surface area contributed by atoms with Crippen molar-refractivity contribution in [3.05, 3.63) is 59.7 Å². The smallest absolute Gasteiger partial charge is 0.107 e. The normalized spacial score (nSPS) is 13.0. The number of nitrogens with zero attached hydrogens (tertiary/aromatic N) is 2. The number of imidazole rings is 2. The Bertz CT molecular complexity index is 948. The van der Waals surface area contributed by atoms with E-state index in [0.717, 1.165) is 34.3 Å². The molecule has 2 heterocycles. The van der Waals surface area contributed by atoms with Gasteiger partial charge < -0.3 is 9.97 Å². The molecule has 0 aliphatic rings. The highest BCUT2D eigenvalue weighted by molar-refractivity contribution is 5.76. The average Bonchev–Trinajstić information content (AvgIpc) is 3.11. The minimum atomic E-state index is 0.398. The fourth-order valence-corrected chi connectivity index (χ4v) is 2.93. The Kier molecular flexibility index (Phi) is 2.96. The number of H-pyrrole nitrogens is 2. The van der Waals surface area contributed by atoms with Gasteiger partial charge in [0.2, 0.25) is 0 Å². The SMILES string of the molecule is Cc1ccc2[nH]c(CC(C)c3ccc4nc[nH]c4c3)nc2c1. The van der Waals surface area contributed by atoms with Crippen molar-refractivity contribution in [2.75, 3.05) is 0 Å². The second-order valence-electron chi connectivity index (χ2n) is 5.99. The first-order valence-corrected chi connectivity index (χ1v) is 7.57. The number of fused-ring (bicyclic) bond motifs is 2. The van der Waals surface area contributed by atoms with Gasteiger partial charge in [-0.3, -0.25) is 0 Å². The largest absolute Gasteiger partial charge is 0.345 e. The summed E-state index contributed by atoms with van der Waals surface area (Å²) in [6.45, 7) is 4.33. The maximum Gasteiger partial charge on any atom is 0.107 e. The van der Waals surface area contributed by atoms with Crippen LogP contribution in [0.5, 0.6) is 0 Å². The average molecular weight is 290 g/mol.